The Hall–Kier alpha value is -5.58. The number of nitrogens with zero attached hydrogens (tertiary/aromatic N) is 2. The standard InChI is InChI=1S/C26H18N4O7/c31-25(27-19-4-3-5-20(16-19)29(33)34)17-8-12-21(13-9-17)37-22-14-10-18(11-15-22)26(32)28-23-6-1-2-7-24(23)30(35)36/h1-16H,(H,27,31)(H,28,32). The fourth-order valence-electron chi connectivity index (χ4n) is 3.32. The van der Waals surface area contributed by atoms with Gasteiger partial charge >= 0.3 is 0 Å². The molecule has 0 aromatic heterocycles. The first-order valence-electron chi connectivity index (χ1n) is 10.8. The van der Waals surface area contributed by atoms with Crippen LogP contribution in [0.15, 0.2) is 97.1 Å². The van der Waals surface area contributed by atoms with E-state index in [1.54, 1.807) is 36.4 Å². The number of para-hydroxylation sites is 2. The quantitative estimate of drug-likeness (QED) is 0.230. The van der Waals surface area contributed by atoms with E-state index in [0.29, 0.717) is 22.7 Å². The van der Waals surface area contributed by atoms with E-state index in [0.717, 1.165) is 0 Å². The van der Waals surface area contributed by atoms with E-state index in [9.17, 15) is 29.8 Å². The third-order valence-electron chi connectivity index (χ3n) is 5.13. The zero-order valence-electron chi connectivity index (χ0n) is 19.0. The molecule has 0 fully saturated rings. The van der Waals surface area contributed by atoms with E-state index < -0.39 is 21.7 Å². The van der Waals surface area contributed by atoms with Gasteiger partial charge < -0.3 is 15.4 Å². The molecule has 11 heteroatoms. The fraction of sp³-hybridized carbons (Fsp3) is 0. The van der Waals surface area contributed by atoms with Crippen molar-refractivity contribution < 1.29 is 24.2 Å². The molecule has 4 aromatic rings. The number of amides is 2. The van der Waals surface area contributed by atoms with Crippen molar-refractivity contribution in [2.24, 2.45) is 0 Å². The lowest BCUT2D eigenvalue weighted by atomic mass is 10.2. The van der Waals surface area contributed by atoms with Crippen molar-refractivity contribution in [1.82, 2.24) is 0 Å². The smallest absolute Gasteiger partial charge is 0.292 e. The van der Waals surface area contributed by atoms with Crippen LogP contribution in [-0.2, 0) is 0 Å². The molecule has 184 valence electrons. The summed E-state index contributed by atoms with van der Waals surface area (Å²) in [5, 5.41) is 27.2. The zero-order valence-corrected chi connectivity index (χ0v) is 19.0. The van der Waals surface area contributed by atoms with Crippen molar-refractivity contribution in [2.75, 3.05) is 10.6 Å². The molecular weight excluding hydrogens is 480 g/mol. The molecule has 0 aliphatic rings. The number of rotatable bonds is 8. The maximum atomic E-state index is 12.5. The largest absolute Gasteiger partial charge is 0.457 e. The van der Waals surface area contributed by atoms with Crippen LogP contribution in [0, 0.1) is 20.2 Å². The number of ether oxygens (including phenoxy) is 1. The molecular formula is C26H18N4O7. The molecule has 0 spiro atoms. The predicted molar refractivity (Wildman–Crippen MR) is 135 cm³/mol. The van der Waals surface area contributed by atoms with Crippen molar-refractivity contribution in [2.45, 2.75) is 0 Å². The highest BCUT2D eigenvalue weighted by atomic mass is 16.6. The van der Waals surface area contributed by atoms with Gasteiger partial charge in [-0.25, -0.2) is 0 Å². The Balaban J connectivity index is 1.37. The molecule has 0 aliphatic carbocycles. The summed E-state index contributed by atoms with van der Waals surface area (Å²) in [6, 6.07) is 23.9. The van der Waals surface area contributed by atoms with Gasteiger partial charge in [-0.05, 0) is 60.7 Å². The summed E-state index contributed by atoms with van der Waals surface area (Å²) in [6.45, 7) is 0. The predicted octanol–water partition coefficient (Wildman–Crippen LogP) is 5.80. The molecule has 0 unspecified atom stereocenters. The van der Waals surface area contributed by atoms with Gasteiger partial charge in [0.2, 0.25) is 0 Å². The Morgan fingerprint density at radius 1 is 0.649 bits per heavy atom. The lowest BCUT2D eigenvalue weighted by Gasteiger charge is -2.09. The van der Waals surface area contributed by atoms with E-state index in [1.807, 2.05) is 0 Å². The molecule has 2 amide bonds. The highest BCUT2D eigenvalue weighted by Gasteiger charge is 2.16. The van der Waals surface area contributed by atoms with Gasteiger partial charge in [-0.2, -0.15) is 0 Å². The van der Waals surface area contributed by atoms with Crippen molar-refractivity contribution in [3.05, 3.63) is 128 Å². The number of nitro groups is 2. The summed E-state index contributed by atoms with van der Waals surface area (Å²) < 4.78 is 5.75. The van der Waals surface area contributed by atoms with Gasteiger partial charge in [-0.3, -0.25) is 29.8 Å². The monoisotopic (exact) mass is 498 g/mol. The maximum Gasteiger partial charge on any atom is 0.292 e. The average molecular weight is 498 g/mol. The van der Waals surface area contributed by atoms with Crippen LogP contribution in [0.3, 0.4) is 0 Å². The van der Waals surface area contributed by atoms with Crippen LogP contribution in [0.4, 0.5) is 22.7 Å². The van der Waals surface area contributed by atoms with Crippen LogP contribution in [0.1, 0.15) is 20.7 Å². The Kier molecular flexibility index (Phi) is 7.15. The first-order chi connectivity index (χ1) is 17.8. The van der Waals surface area contributed by atoms with E-state index in [2.05, 4.69) is 10.6 Å². The number of anilines is 2. The topological polar surface area (TPSA) is 154 Å². The van der Waals surface area contributed by atoms with E-state index in [-0.39, 0.29) is 22.6 Å². The van der Waals surface area contributed by atoms with Crippen molar-refractivity contribution in [3.63, 3.8) is 0 Å². The van der Waals surface area contributed by atoms with E-state index in [1.165, 1.54) is 60.7 Å². The van der Waals surface area contributed by atoms with Gasteiger partial charge in [0.05, 0.1) is 9.85 Å². The van der Waals surface area contributed by atoms with Gasteiger partial charge in [0.1, 0.15) is 17.2 Å². The lowest BCUT2D eigenvalue weighted by molar-refractivity contribution is -0.384. The minimum absolute atomic E-state index is 0.0902. The summed E-state index contributed by atoms with van der Waals surface area (Å²) in [5.74, 6) is -0.0962. The van der Waals surface area contributed by atoms with Crippen molar-refractivity contribution in [1.29, 1.82) is 0 Å². The molecule has 0 bridgehead atoms. The molecule has 0 heterocycles. The lowest BCUT2D eigenvalue weighted by Crippen LogP contribution is -2.13. The second-order valence-corrected chi connectivity index (χ2v) is 7.64. The van der Waals surface area contributed by atoms with E-state index >= 15 is 0 Å². The van der Waals surface area contributed by atoms with Crippen LogP contribution in [-0.4, -0.2) is 21.7 Å². The van der Waals surface area contributed by atoms with Crippen LogP contribution in [0.2, 0.25) is 0 Å². The number of carbonyl (C=O) groups is 2. The number of hydrogen-bond acceptors (Lipinski definition) is 7. The molecule has 4 rings (SSSR count). The molecule has 2 N–H and O–H groups in total. The summed E-state index contributed by atoms with van der Waals surface area (Å²) in [6.07, 6.45) is 0. The highest BCUT2D eigenvalue weighted by Crippen LogP contribution is 2.26. The van der Waals surface area contributed by atoms with Gasteiger partial charge in [0.25, 0.3) is 23.2 Å². The van der Waals surface area contributed by atoms with Crippen LogP contribution in [0.25, 0.3) is 0 Å². The number of benzene rings is 4. The Labute approximate surface area is 209 Å². The molecule has 0 saturated heterocycles. The first kappa shape index (κ1) is 24.5. The summed E-state index contributed by atoms with van der Waals surface area (Å²) >= 11 is 0. The SMILES string of the molecule is O=C(Nc1cccc([N+](=O)[O-])c1)c1ccc(Oc2ccc(C(=O)Nc3ccccc3[N+](=O)[O-])cc2)cc1. The maximum absolute atomic E-state index is 12.5. The Morgan fingerprint density at radius 2 is 1.22 bits per heavy atom. The number of nitrogens with one attached hydrogen (secondary N) is 2. The van der Waals surface area contributed by atoms with Crippen LogP contribution < -0.4 is 15.4 Å². The van der Waals surface area contributed by atoms with Gasteiger partial charge in [0, 0.05) is 35.0 Å². The third-order valence-corrected chi connectivity index (χ3v) is 5.13. The minimum Gasteiger partial charge on any atom is -0.457 e. The fourth-order valence-corrected chi connectivity index (χ4v) is 3.32. The minimum atomic E-state index is -0.574. The first-order valence-corrected chi connectivity index (χ1v) is 10.8. The molecule has 0 aliphatic heterocycles. The summed E-state index contributed by atoms with van der Waals surface area (Å²) in [5.41, 5.74) is 0.641. The Morgan fingerprint density at radius 3 is 1.78 bits per heavy atom. The number of carbonyl (C=O) groups excluding carboxylic acids is 2. The number of hydrogen-bond donors (Lipinski definition) is 2. The molecule has 11 nitrogen and oxygen atoms in total. The van der Waals surface area contributed by atoms with Gasteiger partial charge in [-0.1, -0.05) is 18.2 Å². The molecule has 0 atom stereocenters. The molecule has 0 saturated carbocycles. The van der Waals surface area contributed by atoms with Crippen LogP contribution in [0.5, 0.6) is 11.5 Å². The van der Waals surface area contributed by atoms with Crippen LogP contribution >= 0.6 is 0 Å². The van der Waals surface area contributed by atoms with Gasteiger partial charge in [0.15, 0.2) is 0 Å². The molecule has 37 heavy (non-hydrogen) atoms. The normalized spacial score (nSPS) is 10.3. The van der Waals surface area contributed by atoms with Crippen molar-refractivity contribution in [3.8, 4) is 11.5 Å². The molecule has 4 aromatic carbocycles. The number of non-ortho nitro benzene ring substituents is 1. The second-order valence-electron chi connectivity index (χ2n) is 7.64. The third kappa shape index (κ3) is 6.11. The zero-order chi connectivity index (χ0) is 26.4. The van der Waals surface area contributed by atoms with E-state index in [4.69, 9.17) is 4.74 Å². The number of nitro benzene ring substituents is 2. The summed E-state index contributed by atoms with van der Waals surface area (Å²) in [4.78, 5) is 45.9. The average Bonchev–Trinajstić information content (AvgIpc) is 2.90. The Bertz CT molecular complexity index is 1490. The molecule has 0 radical (unpaired) electrons. The second kappa shape index (κ2) is 10.8. The highest BCUT2D eigenvalue weighted by molar-refractivity contribution is 6.05. The van der Waals surface area contributed by atoms with Gasteiger partial charge in [-0.15, -0.1) is 0 Å². The summed E-state index contributed by atoms with van der Waals surface area (Å²) in [7, 11) is 0. The van der Waals surface area contributed by atoms with Crippen molar-refractivity contribution >= 4 is 34.6 Å².